The lowest BCUT2D eigenvalue weighted by Gasteiger charge is -2.41. The molecule has 11 heteroatoms. The first-order valence-electron chi connectivity index (χ1n) is 14.8. The highest BCUT2D eigenvalue weighted by molar-refractivity contribution is 6.33. The van der Waals surface area contributed by atoms with Crippen molar-refractivity contribution >= 4 is 34.5 Å². The largest absolute Gasteiger partial charge is 0.444 e. The normalized spacial score (nSPS) is 15.8. The third kappa shape index (κ3) is 6.00. The van der Waals surface area contributed by atoms with Gasteiger partial charge in [0.25, 0.3) is 0 Å². The number of hydrogen-bond acceptors (Lipinski definition) is 7. The van der Waals surface area contributed by atoms with Crippen molar-refractivity contribution in [2.24, 2.45) is 0 Å². The van der Waals surface area contributed by atoms with Crippen LogP contribution in [-0.4, -0.2) is 61.8 Å². The minimum Gasteiger partial charge on any atom is -0.444 e. The molecule has 0 bridgehead atoms. The van der Waals surface area contributed by atoms with Gasteiger partial charge in [-0.2, -0.15) is 4.98 Å². The summed E-state index contributed by atoms with van der Waals surface area (Å²) < 4.78 is 22.2. The molecule has 1 atom stereocenters. The number of aromatic nitrogens is 4. The minimum absolute atomic E-state index is 0.00605. The fraction of sp³-hybridized carbons (Fsp3) is 0.424. The molecule has 0 unspecified atom stereocenters. The van der Waals surface area contributed by atoms with Crippen LogP contribution in [0.25, 0.3) is 28.0 Å². The van der Waals surface area contributed by atoms with Gasteiger partial charge in [0, 0.05) is 37.4 Å². The number of benzene rings is 1. The van der Waals surface area contributed by atoms with Crippen LogP contribution in [0.2, 0.25) is 5.02 Å². The standard InChI is InChI=1S/C33H38ClFN6O3/c1-18(2)26-28(20(4)11-12-36-26)41-30-23(16-24(34)27(37-30)22-15-19(3)9-10-25(22)35)29(38-31(41)42)40-14-13-39(17-21(40)5)32(43)44-33(6,7)8/h9-12,15-16,18,21H,13-14,17H2,1-8H3/t21-/m0/s1. The molecule has 1 aromatic carbocycles. The molecule has 3 aromatic heterocycles. The highest BCUT2D eigenvalue weighted by Crippen LogP contribution is 2.36. The number of ether oxygens (including phenoxy) is 1. The SMILES string of the molecule is Cc1ccc(F)c(-c2nc3c(cc2Cl)c(N2CCN(C(=O)OC(C)(C)C)C[C@@H]2C)nc(=O)n3-c2c(C)ccnc2C(C)C)c1. The van der Waals surface area contributed by atoms with Crippen molar-refractivity contribution in [2.45, 2.75) is 73.0 Å². The molecule has 1 aliphatic heterocycles. The van der Waals surface area contributed by atoms with Gasteiger partial charge in [0.15, 0.2) is 5.65 Å². The van der Waals surface area contributed by atoms with Gasteiger partial charge in [0.05, 0.1) is 27.5 Å². The number of carbonyl (C=O) groups excluding carboxylic acids is 1. The van der Waals surface area contributed by atoms with E-state index in [-0.39, 0.29) is 34.3 Å². The molecular formula is C33H38ClFN6O3. The summed E-state index contributed by atoms with van der Waals surface area (Å²) in [4.78, 5) is 44.6. The van der Waals surface area contributed by atoms with Gasteiger partial charge in [0.2, 0.25) is 0 Å². The molecule has 232 valence electrons. The second-order valence-electron chi connectivity index (χ2n) is 12.7. The van der Waals surface area contributed by atoms with E-state index < -0.39 is 17.1 Å². The van der Waals surface area contributed by atoms with Gasteiger partial charge in [-0.1, -0.05) is 37.1 Å². The molecule has 1 aliphatic rings. The van der Waals surface area contributed by atoms with E-state index >= 15 is 4.39 Å². The molecule has 5 rings (SSSR count). The summed E-state index contributed by atoms with van der Waals surface area (Å²) in [6, 6.07) is 8.08. The number of anilines is 1. The van der Waals surface area contributed by atoms with Crippen LogP contribution in [-0.2, 0) is 4.74 Å². The van der Waals surface area contributed by atoms with Crippen molar-refractivity contribution in [3.05, 3.63) is 74.7 Å². The first kappa shape index (κ1) is 31.4. The van der Waals surface area contributed by atoms with Crippen LogP contribution in [0.1, 0.15) is 64.3 Å². The second-order valence-corrected chi connectivity index (χ2v) is 13.1. The number of piperazine rings is 1. The fourth-order valence-electron chi connectivity index (χ4n) is 5.58. The zero-order valence-electron chi connectivity index (χ0n) is 26.4. The lowest BCUT2D eigenvalue weighted by molar-refractivity contribution is 0.0218. The Balaban J connectivity index is 1.73. The summed E-state index contributed by atoms with van der Waals surface area (Å²) in [7, 11) is 0. The second kappa shape index (κ2) is 11.8. The highest BCUT2D eigenvalue weighted by atomic mass is 35.5. The van der Waals surface area contributed by atoms with Gasteiger partial charge in [-0.3, -0.25) is 4.98 Å². The van der Waals surface area contributed by atoms with E-state index in [2.05, 4.69) is 9.97 Å². The molecule has 0 spiro atoms. The zero-order valence-corrected chi connectivity index (χ0v) is 27.2. The number of rotatable bonds is 4. The maximum Gasteiger partial charge on any atom is 0.410 e. The maximum atomic E-state index is 15.2. The minimum atomic E-state index is -0.615. The van der Waals surface area contributed by atoms with Gasteiger partial charge in [-0.15, -0.1) is 0 Å². The van der Waals surface area contributed by atoms with Gasteiger partial charge in [-0.25, -0.2) is 23.5 Å². The van der Waals surface area contributed by atoms with E-state index in [4.69, 9.17) is 21.3 Å². The third-order valence-electron chi connectivity index (χ3n) is 7.65. The number of aryl methyl sites for hydroxylation is 2. The van der Waals surface area contributed by atoms with Crippen molar-refractivity contribution in [1.29, 1.82) is 0 Å². The van der Waals surface area contributed by atoms with E-state index in [0.717, 1.165) is 11.1 Å². The molecule has 1 fully saturated rings. The Kier molecular flexibility index (Phi) is 8.41. The number of hydrogen-bond donors (Lipinski definition) is 0. The van der Waals surface area contributed by atoms with E-state index in [0.29, 0.717) is 47.9 Å². The van der Waals surface area contributed by atoms with E-state index in [1.165, 1.54) is 10.6 Å². The van der Waals surface area contributed by atoms with E-state index in [1.807, 2.05) is 66.4 Å². The number of fused-ring (bicyclic) bond motifs is 1. The molecule has 0 saturated carbocycles. The smallest absolute Gasteiger partial charge is 0.410 e. The Morgan fingerprint density at radius 1 is 1.11 bits per heavy atom. The van der Waals surface area contributed by atoms with Crippen LogP contribution in [0, 0.1) is 19.7 Å². The Labute approximate surface area is 261 Å². The average Bonchev–Trinajstić information content (AvgIpc) is 2.93. The molecule has 9 nitrogen and oxygen atoms in total. The monoisotopic (exact) mass is 620 g/mol. The molecule has 4 aromatic rings. The molecule has 4 heterocycles. The molecule has 0 N–H and O–H groups in total. The quantitative estimate of drug-likeness (QED) is 0.247. The summed E-state index contributed by atoms with van der Waals surface area (Å²) in [5.41, 5.74) is 2.55. The molecule has 0 radical (unpaired) electrons. The fourth-order valence-corrected chi connectivity index (χ4v) is 5.84. The molecular weight excluding hydrogens is 583 g/mol. The summed E-state index contributed by atoms with van der Waals surface area (Å²) in [5.74, 6) is -0.0794. The van der Waals surface area contributed by atoms with E-state index in [9.17, 15) is 9.59 Å². The average molecular weight is 621 g/mol. The first-order chi connectivity index (χ1) is 20.7. The topological polar surface area (TPSA) is 93.5 Å². The number of amides is 1. The van der Waals surface area contributed by atoms with Gasteiger partial charge >= 0.3 is 11.8 Å². The van der Waals surface area contributed by atoms with Gasteiger partial charge < -0.3 is 14.5 Å². The van der Waals surface area contributed by atoms with Gasteiger partial charge in [-0.05, 0) is 77.3 Å². The van der Waals surface area contributed by atoms with Crippen LogP contribution >= 0.6 is 11.6 Å². The van der Waals surface area contributed by atoms with Crippen LogP contribution in [0.3, 0.4) is 0 Å². The van der Waals surface area contributed by atoms with Gasteiger partial charge in [0.1, 0.15) is 17.2 Å². The van der Waals surface area contributed by atoms with Crippen molar-refractivity contribution in [3.8, 4) is 16.9 Å². The molecule has 0 aliphatic carbocycles. The first-order valence-corrected chi connectivity index (χ1v) is 15.1. The van der Waals surface area contributed by atoms with Crippen molar-refractivity contribution in [2.75, 3.05) is 24.5 Å². The third-order valence-corrected chi connectivity index (χ3v) is 7.94. The molecule has 44 heavy (non-hydrogen) atoms. The Morgan fingerprint density at radius 2 is 1.84 bits per heavy atom. The number of halogens is 2. The predicted octanol–water partition coefficient (Wildman–Crippen LogP) is 6.82. The Bertz CT molecular complexity index is 1820. The zero-order chi connectivity index (χ0) is 32.1. The Hall–Kier alpha value is -4.05. The Morgan fingerprint density at radius 3 is 2.50 bits per heavy atom. The van der Waals surface area contributed by atoms with Crippen molar-refractivity contribution in [3.63, 3.8) is 0 Å². The van der Waals surface area contributed by atoms with Crippen LogP contribution < -0.4 is 10.6 Å². The van der Waals surface area contributed by atoms with Crippen LogP contribution in [0.15, 0.2) is 41.3 Å². The predicted molar refractivity (Wildman–Crippen MR) is 172 cm³/mol. The highest BCUT2D eigenvalue weighted by Gasteiger charge is 2.33. The van der Waals surface area contributed by atoms with Crippen molar-refractivity contribution in [1.82, 2.24) is 24.4 Å². The summed E-state index contributed by atoms with van der Waals surface area (Å²) in [6.07, 6.45) is 1.33. The number of pyridine rings is 2. The summed E-state index contributed by atoms with van der Waals surface area (Å²) >= 11 is 6.84. The number of carbonyl (C=O) groups is 1. The molecule has 1 saturated heterocycles. The van der Waals surface area contributed by atoms with Crippen LogP contribution in [0.4, 0.5) is 15.0 Å². The summed E-state index contributed by atoms with van der Waals surface area (Å²) in [6.45, 7) is 16.4. The number of nitrogens with zero attached hydrogens (tertiary/aromatic N) is 6. The molecule has 1 amide bonds. The lowest BCUT2D eigenvalue weighted by atomic mass is 10.0. The van der Waals surface area contributed by atoms with Crippen LogP contribution in [0.5, 0.6) is 0 Å². The maximum absolute atomic E-state index is 15.2. The summed E-state index contributed by atoms with van der Waals surface area (Å²) in [5, 5.41) is 0.754. The lowest BCUT2D eigenvalue weighted by Crippen LogP contribution is -2.55. The van der Waals surface area contributed by atoms with E-state index in [1.54, 1.807) is 29.3 Å². The van der Waals surface area contributed by atoms with Crippen molar-refractivity contribution < 1.29 is 13.9 Å².